The van der Waals surface area contributed by atoms with Crippen LogP contribution in [-0.4, -0.2) is 50.4 Å². The van der Waals surface area contributed by atoms with Crippen molar-refractivity contribution in [3.8, 4) is 0 Å². The number of H-pyrrole nitrogens is 1. The number of hydrogen-bond acceptors (Lipinski definition) is 6. The molecule has 0 saturated heterocycles. The molecule has 2 aromatic rings. The summed E-state index contributed by atoms with van der Waals surface area (Å²) in [6.45, 7) is 0.835. The quantitative estimate of drug-likeness (QED) is 0.571. The standard InChI is InChI=1S/C11H14N6O3S/c18-10(19)7-5-21-9(16-7)2-4-13-11(20)12-3-1-8-14-6-15-17-8/h5-6H,1-4H2,(H,18,19)(H2,12,13,20)(H,14,15,17). The van der Waals surface area contributed by atoms with Crippen molar-refractivity contribution in [2.45, 2.75) is 12.8 Å². The third-order valence-electron chi connectivity index (χ3n) is 2.51. The number of carboxylic acids is 1. The highest BCUT2D eigenvalue weighted by molar-refractivity contribution is 7.09. The van der Waals surface area contributed by atoms with Gasteiger partial charge in [-0.05, 0) is 0 Å². The molecule has 2 rings (SSSR count). The summed E-state index contributed by atoms with van der Waals surface area (Å²) in [5.74, 6) is -0.338. The highest BCUT2D eigenvalue weighted by Crippen LogP contribution is 2.09. The summed E-state index contributed by atoms with van der Waals surface area (Å²) in [7, 11) is 0. The molecule has 21 heavy (non-hydrogen) atoms. The van der Waals surface area contributed by atoms with Crippen LogP contribution in [0.3, 0.4) is 0 Å². The van der Waals surface area contributed by atoms with Crippen LogP contribution in [-0.2, 0) is 12.8 Å². The molecule has 0 spiro atoms. The number of carboxylic acid groups (broad SMARTS) is 1. The number of amides is 2. The van der Waals surface area contributed by atoms with Crippen molar-refractivity contribution in [3.05, 3.63) is 28.2 Å². The third kappa shape index (κ3) is 4.84. The van der Waals surface area contributed by atoms with Crippen molar-refractivity contribution < 1.29 is 14.7 Å². The van der Waals surface area contributed by atoms with Crippen LogP contribution < -0.4 is 10.6 Å². The number of carbonyl (C=O) groups excluding carboxylic acids is 1. The molecule has 0 radical (unpaired) electrons. The summed E-state index contributed by atoms with van der Waals surface area (Å²) in [5.41, 5.74) is 0.0338. The van der Waals surface area contributed by atoms with Crippen molar-refractivity contribution in [2.24, 2.45) is 0 Å². The van der Waals surface area contributed by atoms with E-state index in [1.165, 1.54) is 23.0 Å². The molecule has 112 valence electrons. The lowest BCUT2D eigenvalue weighted by Gasteiger charge is -2.05. The summed E-state index contributed by atoms with van der Waals surface area (Å²) in [6.07, 6.45) is 2.48. The second-order valence-electron chi connectivity index (χ2n) is 4.05. The number of aromatic amines is 1. The van der Waals surface area contributed by atoms with Gasteiger partial charge in [-0.1, -0.05) is 0 Å². The number of hydrogen-bond donors (Lipinski definition) is 4. The zero-order valence-corrected chi connectivity index (χ0v) is 11.8. The zero-order chi connectivity index (χ0) is 15.1. The minimum absolute atomic E-state index is 0.0338. The van der Waals surface area contributed by atoms with Gasteiger partial charge in [0.15, 0.2) is 5.69 Å². The molecular formula is C11H14N6O3S. The van der Waals surface area contributed by atoms with Gasteiger partial charge in [-0.15, -0.1) is 11.3 Å². The maximum absolute atomic E-state index is 11.5. The molecule has 0 atom stereocenters. The lowest BCUT2D eigenvalue weighted by Crippen LogP contribution is -2.37. The number of nitrogens with zero attached hydrogens (tertiary/aromatic N) is 3. The number of nitrogens with one attached hydrogen (secondary N) is 3. The van der Waals surface area contributed by atoms with Crippen LogP contribution in [0.2, 0.25) is 0 Å². The summed E-state index contributed by atoms with van der Waals surface area (Å²) in [6, 6.07) is -0.287. The molecule has 0 fully saturated rings. The Labute approximate surface area is 123 Å². The second-order valence-corrected chi connectivity index (χ2v) is 4.99. The Morgan fingerprint density at radius 1 is 1.29 bits per heavy atom. The van der Waals surface area contributed by atoms with Crippen LogP contribution >= 0.6 is 11.3 Å². The molecule has 2 heterocycles. The van der Waals surface area contributed by atoms with E-state index in [1.54, 1.807) is 0 Å². The van der Waals surface area contributed by atoms with E-state index in [1.807, 2.05) is 0 Å². The fraction of sp³-hybridized carbons (Fsp3) is 0.364. The Bertz CT molecular complexity index is 597. The van der Waals surface area contributed by atoms with E-state index >= 15 is 0 Å². The first-order valence-electron chi connectivity index (χ1n) is 6.19. The summed E-state index contributed by atoms with van der Waals surface area (Å²) < 4.78 is 0. The first-order valence-corrected chi connectivity index (χ1v) is 7.07. The second kappa shape index (κ2) is 7.33. The van der Waals surface area contributed by atoms with Crippen LogP contribution in [0.5, 0.6) is 0 Å². The maximum Gasteiger partial charge on any atom is 0.355 e. The smallest absolute Gasteiger partial charge is 0.355 e. The van der Waals surface area contributed by atoms with Gasteiger partial charge >= 0.3 is 12.0 Å². The minimum atomic E-state index is -1.05. The van der Waals surface area contributed by atoms with Crippen molar-refractivity contribution in [1.82, 2.24) is 30.8 Å². The predicted octanol–water partition coefficient (Wildman–Crippen LogP) is 0.0438. The van der Waals surface area contributed by atoms with E-state index in [0.29, 0.717) is 36.8 Å². The fourth-order valence-corrected chi connectivity index (χ4v) is 2.29. The van der Waals surface area contributed by atoms with Crippen LogP contribution in [0.15, 0.2) is 11.7 Å². The molecule has 10 heteroatoms. The van der Waals surface area contributed by atoms with E-state index in [4.69, 9.17) is 5.11 Å². The van der Waals surface area contributed by atoms with Crippen molar-refractivity contribution in [3.63, 3.8) is 0 Å². The van der Waals surface area contributed by atoms with Crippen molar-refractivity contribution in [2.75, 3.05) is 13.1 Å². The van der Waals surface area contributed by atoms with E-state index in [-0.39, 0.29) is 11.7 Å². The van der Waals surface area contributed by atoms with E-state index in [9.17, 15) is 9.59 Å². The number of aromatic carboxylic acids is 1. The van der Waals surface area contributed by atoms with Crippen LogP contribution in [0.1, 0.15) is 21.3 Å². The van der Waals surface area contributed by atoms with Gasteiger partial charge in [0.1, 0.15) is 12.2 Å². The number of rotatable bonds is 7. The monoisotopic (exact) mass is 310 g/mol. The lowest BCUT2D eigenvalue weighted by atomic mass is 10.4. The molecule has 9 nitrogen and oxygen atoms in total. The fourth-order valence-electron chi connectivity index (χ4n) is 1.52. The normalized spacial score (nSPS) is 10.3. The Kier molecular flexibility index (Phi) is 5.21. The molecule has 2 amide bonds. The molecule has 2 aromatic heterocycles. The highest BCUT2D eigenvalue weighted by atomic mass is 32.1. The predicted molar refractivity (Wildman–Crippen MR) is 74.3 cm³/mol. The van der Waals surface area contributed by atoms with Gasteiger partial charge in [-0.2, -0.15) is 5.10 Å². The SMILES string of the molecule is O=C(NCCc1ncn[nH]1)NCCc1nc(C(=O)O)cs1. The zero-order valence-electron chi connectivity index (χ0n) is 11.0. The number of thiazole rings is 1. The minimum Gasteiger partial charge on any atom is -0.476 e. The average Bonchev–Trinajstić information content (AvgIpc) is 3.09. The van der Waals surface area contributed by atoms with E-state index in [0.717, 1.165) is 0 Å². The molecule has 0 aliphatic rings. The van der Waals surface area contributed by atoms with Gasteiger partial charge in [0.2, 0.25) is 0 Å². The first kappa shape index (κ1) is 14.9. The van der Waals surface area contributed by atoms with Gasteiger partial charge in [-0.25, -0.2) is 19.6 Å². The van der Waals surface area contributed by atoms with Crippen LogP contribution in [0.4, 0.5) is 4.79 Å². The average molecular weight is 310 g/mol. The van der Waals surface area contributed by atoms with Crippen molar-refractivity contribution >= 4 is 23.3 Å². The Balaban J connectivity index is 1.61. The van der Waals surface area contributed by atoms with Gasteiger partial charge in [-0.3, -0.25) is 5.10 Å². The van der Waals surface area contributed by atoms with E-state index in [2.05, 4.69) is 30.8 Å². The Morgan fingerprint density at radius 2 is 2.05 bits per heavy atom. The lowest BCUT2D eigenvalue weighted by molar-refractivity contribution is 0.0691. The molecule has 0 unspecified atom stereocenters. The van der Waals surface area contributed by atoms with Crippen molar-refractivity contribution in [1.29, 1.82) is 0 Å². The first-order chi connectivity index (χ1) is 10.1. The molecule has 4 N–H and O–H groups in total. The van der Waals surface area contributed by atoms with Gasteiger partial charge < -0.3 is 15.7 Å². The van der Waals surface area contributed by atoms with Gasteiger partial charge in [0.25, 0.3) is 0 Å². The molecule has 0 saturated carbocycles. The Morgan fingerprint density at radius 3 is 2.67 bits per heavy atom. The summed E-state index contributed by atoms with van der Waals surface area (Å²) >= 11 is 1.26. The largest absolute Gasteiger partial charge is 0.476 e. The molecule has 0 aliphatic heterocycles. The van der Waals surface area contributed by atoms with Gasteiger partial charge in [0.05, 0.1) is 5.01 Å². The van der Waals surface area contributed by atoms with E-state index < -0.39 is 5.97 Å². The maximum atomic E-state index is 11.5. The third-order valence-corrected chi connectivity index (χ3v) is 3.42. The van der Waals surface area contributed by atoms with Gasteiger partial charge in [0, 0.05) is 31.3 Å². The van der Waals surface area contributed by atoms with Crippen LogP contribution in [0.25, 0.3) is 0 Å². The molecule has 0 aromatic carbocycles. The summed E-state index contributed by atoms with van der Waals surface area (Å²) in [4.78, 5) is 30.0. The Hall–Kier alpha value is -2.49. The topological polar surface area (TPSA) is 133 Å². The molecule has 0 bridgehead atoms. The molecular weight excluding hydrogens is 296 g/mol. The summed E-state index contributed by atoms with van der Waals surface area (Å²) in [5, 5.41) is 22.7. The number of aromatic nitrogens is 4. The van der Waals surface area contributed by atoms with Crippen LogP contribution in [0, 0.1) is 0 Å². The highest BCUT2D eigenvalue weighted by Gasteiger charge is 2.08. The molecule has 0 aliphatic carbocycles. The number of carbonyl (C=O) groups is 2. The number of urea groups is 1.